The van der Waals surface area contributed by atoms with Crippen LogP contribution in [0.1, 0.15) is 41.8 Å². The Labute approximate surface area is 205 Å². The van der Waals surface area contributed by atoms with Crippen LogP contribution in [0.2, 0.25) is 0 Å². The van der Waals surface area contributed by atoms with Crippen LogP contribution in [0.15, 0.2) is 78.9 Å². The molecule has 0 saturated heterocycles. The Balaban J connectivity index is 1.75. The molecule has 0 saturated carbocycles. The van der Waals surface area contributed by atoms with Gasteiger partial charge in [-0.1, -0.05) is 86.6 Å². The molecule has 3 rings (SSSR count). The second kappa shape index (κ2) is 12.4. The largest absolute Gasteiger partial charge is 0.480 e. The summed E-state index contributed by atoms with van der Waals surface area (Å²) < 4.78 is 5.29. The number of hydrogen-bond acceptors (Lipinski definition) is 4. The minimum atomic E-state index is -1.07. The molecule has 0 aliphatic heterocycles. The molecule has 7 heteroatoms. The molecule has 7 nitrogen and oxygen atoms in total. The molecule has 3 N–H and O–H groups in total. The van der Waals surface area contributed by atoms with E-state index in [1.54, 1.807) is 18.2 Å². The molecule has 0 spiro atoms. The summed E-state index contributed by atoms with van der Waals surface area (Å²) in [6, 6.07) is 22.9. The molecule has 0 radical (unpaired) electrons. The summed E-state index contributed by atoms with van der Waals surface area (Å²) in [6.07, 6.45) is -0.220. The Bertz CT molecular complexity index is 1160. The van der Waals surface area contributed by atoms with E-state index in [-0.39, 0.29) is 19.1 Å². The van der Waals surface area contributed by atoms with Crippen molar-refractivity contribution < 1.29 is 24.2 Å². The number of amides is 2. The number of benzene rings is 3. The summed E-state index contributed by atoms with van der Waals surface area (Å²) >= 11 is 0. The number of carbonyl (C=O) groups excluding carboxylic acids is 2. The maximum Gasteiger partial charge on any atom is 0.407 e. The molecular formula is C28H30N2O5. The first-order chi connectivity index (χ1) is 16.8. The van der Waals surface area contributed by atoms with Crippen LogP contribution in [0.4, 0.5) is 4.79 Å². The van der Waals surface area contributed by atoms with Gasteiger partial charge in [0.2, 0.25) is 0 Å². The van der Waals surface area contributed by atoms with Gasteiger partial charge in [0.15, 0.2) is 0 Å². The van der Waals surface area contributed by atoms with Gasteiger partial charge >= 0.3 is 12.1 Å². The zero-order valence-corrected chi connectivity index (χ0v) is 19.9. The number of alkyl carbamates (subject to hydrolysis) is 1. The van der Waals surface area contributed by atoms with Crippen molar-refractivity contribution in [2.24, 2.45) is 5.92 Å². The lowest BCUT2D eigenvalue weighted by molar-refractivity contribution is -0.139. The van der Waals surface area contributed by atoms with E-state index < -0.39 is 24.0 Å². The average Bonchev–Trinajstić information content (AvgIpc) is 2.86. The Morgan fingerprint density at radius 3 is 2.17 bits per heavy atom. The van der Waals surface area contributed by atoms with E-state index in [0.29, 0.717) is 17.5 Å². The molecule has 182 valence electrons. The third-order valence-corrected chi connectivity index (χ3v) is 5.43. The zero-order valence-electron chi connectivity index (χ0n) is 19.9. The van der Waals surface area contributed by atoms with Gasteiger partial charge in [0.25, 0.3) is 5.91 Å². The fraction of sp³-hybridized carbons (Fsp3) is 0.250. The summed E-state index contributed by atoms with van der Waals surface area (Å²) in [6.45, 7) is 4.18. The summed E-state index contributed by atoms with van der Waals surface area (Å²) in [7, 11) is 0. The highest BCUT2D eigenvalue weighted by Crippen LogP contribution is 2.27. The lowest BCUT2D eigenvalue weighted by atomic mass is 9.94. The quantitative estimate of drug-likeness (QED) is 0.383. The van der Waals surface area contributed by atoms with Gasteiger partial charge in [-0.15, -0.1) is 0 Å². The van der Waals surface area contributed by atoms with Crippen molar-refractivity contribution in [3.05, 3.63) is 95.6 Å². The van der Waals surface area contributed by atoms with Crippen molar-refractivity contribution in [1.29, 1.82) is 0 Å². The van der Waals surface area contributed by atoms with Crippen molar-refractivity contribution in [2.75, 3.05) is 0 Å². The number of carbonyl (C=O) groups is 3. The first-order valence-electron chi connectivity index (χ1n) is 11.5. The molecule has 1 unspecified atom stereocenters. The lowest BCUT2D eigenvalue weighted by Crippen LogP contribution is -2.41. The molecular weight excluding hydrogens is 444 g/mol. The van der Waals surface area contributed by atoms with E-state index in [2.05, 4.69) is 10.6 Å². The predicted octanol–water partition coefficient (Wildman–Crippen LogP) is 5.01. The highest BCUT2D eigenvalue weighted by Gasteiger charge is 2.23. The van der Waals surface area contributed by atoms with Gasteiger partial charge in [0.05, 0.1) is 0 Å². The number of aliphatic carboxylic acids is 1. The minimum Gasteiger partial charge on any atom is -0.480 e. The van der Waals surface area contributed by atoms with E-state index in [4.69, 9.17) is 4.74 Å². The predicted molar refractivity (Wildman–Crippen MR) is 134 cm³/mol. The first-order valence-corrected chi connectivity index (χ1v) is 11.5. The van der Waals surface area contributed by atoms with Crippen LogP contribution in [-0.4, -0.2) is 29.1 Å². The number of nitrogens with one attached hydrogen (secondary N) is 2. The Hall–Kier alpha value is -4.13. The van der Waals surface area contributed by atoms with Gasteiger partial charge in [-0.05, 0) is 40.7 Å². The number of carboxylic acids is 1. The number of hydrogen-bond donors (Lipinski definition) is 3. The van der Waals surface area contributed by atoms with Crippen molar-refractivity contribution in [1.82, 2.24) is 10.6 Å². The van der Waals surface area contributed by atoms with Crippen molar-refractivity contribution >= 4 is 18.0 Å². The molecule has 3 aromatic rings. The summed E-state index contributed by atoms with van der Waals surface area (Å²) in [5.74, 6) is -1.41. The zero-order chi connectivity index (χ0) is 25.2. The molecule has 0 aliphatic rings. The highest BCUT2D eigenvalue weighted by molar-refractivity contribution is 6.02. The normalized spacial score (nSPS) is 11.5. The van der Waals surface area contributed by atoms with E-state index in [9.17, 15) is 19.5 Å². The molecule has 3 aromatic carbocycles. The molecule has 0 heterocycles. The van der Waals surface area contributed by atoms with E-state index in [1.165, 1.54) is 0 Å². The average molecular weight is 475 g/mol. The summed E-state index contributed by atoms with van der Waals surface area (Å²) in [5, 5.41) is 14.9. The number of carboxylic acid groups (broad SMARTS) is 1. The summed E-state index contributed by atoms with van der Waals surface area (Å²) in [5.41, 5.74) is 3.45. The molecule has 0 fully saturated rings. The minimum absolute atomic E-state index is 0.111. The van der Waals surface area contributed by atoms with E-state index >= 15 is 0 Å². The second-order valence-corrected chi connectivity index (χ2v) is 8.61. The fourth-order valence-corrected chi connectivity index (χ4v) is 3.72. The van der Waals surface area contributed by atoms with Crippen LogP contribution >= 0.6 is 0 Å². The van der Waals surface area contributed by atoms with Crippen LogP contribution in [0.5, 0.6) is 0 Å². The maximum atomic E-state index is 13.1. The van der Waals surface area contributed by atoms with Crippen LogP contribution < -0.4 is 10.6 Å². The Kier molecular flexibility index (Phi) is 9.01. The van der Waals surface area contributed by atoms with Crippen LogP contribution in [0, 0.1) is 5.92 Å². The molecule has 0 bridgehead atoms. The standard InChI is InChI=1S/C28H30N2O5/c1-19(2)16-25(27(32)33)30-26(31)24-15-9-8-14-23(24)22-13-7-6-12-21(22)17-29-28(34)35-18-20-10-4-3-5-11-20/h3-15,19,25H,16-18H2,1-2H3,(H,29,34)(H,30,31)(H,32,33). The first kappa shape index (κ1) is 25.5. The van der Waals surface area contributed by atoms with Gasteiger partial charge in [0, 0.05) is 12.1 Å². The second-order valence-electron chi connectivity index (χ2n) is 8.61. The maximum absolute atomic E-state index is 13.1. The summed E-state index contributed by atoms with van der Waals surface area (Å²) in [4.78, 5) is 36.9. The van der Waals surface area contributed by atoms with Gasteiger partial charge in [0.1, 0.15) is 12.6 Å². The van der Waals surface area contributed by atoms with Crippen LogP contribution in [0.3, 0.4) is 0 Å². The van der Waals surface area contributed by atoms with Gasteiger partial charge < -0.3 is 20.5 Å². The third kappa shape index (κ3) is 7.43. The van der Waals surface area contributed by atoms with Crippen molar-refractivity contribution in [2.45, 2.75) is 39.5 Å². The van der Waals surface area contributed by atoms with Gasteiger partial charge in [-0.25, -0.2) is 9.59 Å². The molecule has 2 amide bonds. The lowest BCUT2D eigenvalue weighted by Gasteiger charge is -2.18. The molecule has 35 heavy (non-hydrogen) atoms. The van der Waals surface area contributed by atoms with Crippen LogP contribution in [0.25, 0.3) is 11.1 Å². The smallest absolute Gasteiger partial charge is 0.407 e. The SMILES string of the molecule is CC(C)CC(NC(=O)c1ccccc1-c1ccccc1CNC(=O)OCc1ccccc1)C(=O)O. The monoisotopic (exact) mass is 474 g/mol. The topological polar surface area (TPSA) is 105 Å². The Morgan fingerprint density at radius 1 is 0.857 bits per heavy atom. The van der Waals surface area contributed by atoms with Crippen molar-refractivity contribution in [3.63, 3.8) is 0 Å². The number of ether oxygens (including phenoxy) is 1. The Morgan fingerprint density at radius 2 is 1.49 bits per heavy atom. The third-order valence-electron chi connectivity index (χ3n) is 5.43. The van der Waals surface area contributed by atoms with Gasteiger partial charge in [-0.2, -0.15) is 0 Å². The molecule has 0 aromatic heterocycles. The fourth-order valence-electron chi connectivity index (χ4n) is 3.72. The van der Waals surface area contributed by atoms with Crippen LogP contribution in [-0.2, 0) is 22.7 Å². The molecule has 0 aliphatic carbocycles. The van der Waals surface area contributed by atoms with Crippen molar-refractivity contribution in [3.8, 4) is 11.1 Å². The van der Waals surface area contributed by atoms with E-state index in [1.807, 2.05) is 74.5 Å². The highest BCUT2D eigenvalue weighted by atomic mass is 16.5. The molecule has 1 atom stereocenters. The number of rotatable bonds is 10. The van der Waals surface area contributed by atoms with Gasteiger partial charge in [-0.3, -0.25) is 4.79 Å². The van der Waals surface area contributed by atoms with E-state index in [0.717, 1.165) is 16.7 Å².